The predicted molar refractivity (Wildman–Crippen MR) is 92.7 cm³/mol. The fraction of sp³-hybridized carbons (Fsp3) is 0.167. The second-order valence-electron chi connectivity index (χ2n) is 4.91. The summed E-state index contributed by atoms with van der Waals surface area (Å²) in [6.45, 7) is 0. The predicted octanol–water partition coefficient (Wildman–Crippen LogP) is 3.97. The van der Waals surface area contributed by atoms with Gasteiger partial charge in [-0.3, -0.25) is 4.79 Å². The van der Waals surface area contributed by atoms with Gasteiger partial charge in [0.2, 0.25) is 0 Å². The molecule has 0 atom stereocenters. The molecule has 24 heavy (non-hydrogen) atoms. The Labute approximate surface area is 143 Å². The molecule has 0 aliphatic carbocycles. The van der Waals surface area contributed by atoms with Gasteiger partial charge in [0.15, 0.2) is 10.5 Å². The molecular weight excluding hydrogens is 328 g/mol. The lowest BCUT2D eigenvalue weighted by atomic mass is 10.2. The van der Waals surface area contributed by atoms with Gasteiger partial charge < -0.3 is 18.6 Å². The largest absolute Gasteiger partial charge is 0.497 e. The highest BCUT2D eigenvalue weighted by atomic mass is 32.2. The van der Waals surface area contributed by atoms with Crippen molar-refractivity contribution in [1.29, 1.82) is 0 Å². The SMILES string of the molecule is COc1cccc(Sc2cc(=O)c3c(OC)cc(OC)cc3o2)c1. The van der Waals surface area contributed by atoms with Crippen molar-refractivity contribution in [2.45, 2.75) is 9.99 Å². The van der Waals surface area contributed by atoms with Crippen LogP contribution in [0.25, 0.3) is 11.0 Å². The third-order valence-electron chi connectivity index (χ3n) is 3.46. The minimum absolute atomic E-state index is 0.166. The molecule has 0 fully saturated rings. The van der Waals surface area contributed by atoms with E-state index in [1.807, 2.05) is 24.3 Å². The van der Waals surface area contributed by atoms with Crippen molar-refractivity contribution in [3.8, 4) is 17.2 Å². The second-order valence-corrected chi connectivity index (χ2v) is 5.99. The number of benzene rings is 2. The van der Waals surface area contributed by atoms with Crippen molar-refractivity contribution < 1.29 is 18.6 Å². The molecule has 0 saturated carbocycles. The van der Waals surface area contributed by atoms with Crippen LogP contribution in [0, 0.1) is 0 Å². The van der Waals surface area contributed by atoms with Gasteiger partial charge in [-0.25, -0.2) is 0 Å². The van der Waals surface area contributed by atoms with Crippen LogP contribution in [0.1, 0.15) is 0 Å². The van der Waals surface area contributed by atoms with Gasteiger partial charge in [-0.1, -0.05) is 17.8 Å². The first kappa shape index (κ1) is 16.3. The topological polar surface area (TPSA) is 57.9 Å². The zero-order valence-electron chi connectivity index (χ0n) is 13.5. The zero-order chi connectivity index (χ0) is 17.1. The van der Waals surface area contributed by atoms with Crippen LogP contribution in [-0.4, -0.2) is 21.3 Å². The molecule has 0 bridgehead atoms. The molecular formula is C18H16O5S. The molecule has 0 amide bonds. The van der Waals surface area contributed by atoms with Gasteiger partial charge in [-0.05, 0) is 18.2 Å². The number of rotatable bonds is 5. The molecule has 124 valence electrons. The van der Waals surface area contributed by atoms with Crippen LogP contribution in [0.5, 0.6) is 17.2 Å². The first-order chi connectivity index (χ1) is 11.6. The Morgan fingerprint density at radius 2 is 1.71 bits per heavy atom. The second kappa shape index (κ2) is 6.88. The van der Waals surface area contributed by atoms with E-state index >= 15 is 0 Å². The van der Waals surface area contributed by atoms with Gasteiger partial charge >= 0.3 is 0 Å². The Balaban J connectivity index is 2.08. The third kappa shape index (κ3) is 3.19. The van der Waals surface area contributed by atoms with Gasteiger partial charge in [0.1, 0.15) is 28.2 Å². The van der Waals surface area contributed by atoms with Crippen LogP contribution in [-0.2, 0) is 0 Å². The van der Waals surface area contributed by atoms with Gasteiger partial charge in [-0.2, -0.15) is 0 Å². The molecule has 0 spiro atoms. The molecule has 5 nitrogen and oxygen atoms in total. The van der Waals surface area contributed by atoms with E-state index in [9.17, 15) is 4.79 Å². The van der Waals surface area contributed by atoms with E-state index in [2.05, 4.69) is 0 Å². The van der Waals surface area contributed by atoms with Gasteiger partial charge in [0.05, 0.1) is 21.3 Å². The molecule has 2 aromatic carbocycles. The molecule has 6 heteroatoms. The first-order valence-corrected chi connectivity index (χ1v) is 7.98. The lowest BCUT2D eigenvalue weighted by Crippen LogP contribution is -2.03. The Morgan fingerprint density at radius 1 is 0.917 bits per heavy atom. The van der Waals surface area contributed by atoms with Gasteiger partial charge in [0.25, 0.3) is 0 Å². The minimum Gasteiger partial charge on any atom is -0.497 e. The minimum atomic E-state index is -0.166. The summed E-state index contributed by atoms with van der Waals surface area (Å²) >= 11 is 1.34. The molecule has 0 radical (unpaired) electrons. The monoisotopic (exact) mass is 344 g/mol. The number of fused-ring (bicyclic) bond motifs is 1. The van der Waals surface area contributed by atoms with Crippen molar-refractivity contribution in [3.05, 3.63) is 52.7 Å². The summed E-state index contributed by atoms with van der Waals surface area (Å²) in [5.41, 5.74) is 0.255. The Morgan fingerprint density at radius 3 is 2.42 bits per heavy atom. The normalized spacial score (nSPS) is 10.6. The summed E-state index contributed by atoms with van der Waals surface area (Å²) < 4.78 is 21.6. The molecule has 3 aromatic rings. The van der Waals surface area contributed by atoms with Crippen molar-refractivity contribution >= 4 is 22.7 Å². The molecule has 0 unspecified atom stereocenters. The summed E-state index contributed by atoms with van der Waals surface area (Å²) in [7, 11) is 4.67. The van der Waals surface area contributed by atoms with Crippen molar-refractivity contribution in [2.24, 2.45) is 0 Å². The lowest BCUT2D eigenvalue weighted by molar-refractivity contribution is 0.394. The van der Waals surface area contributed by atoms with Crippen LogP contribution in [0.4, 0.5) is 0 Å². The molecule has 1 heterocycles. The number of methoxy groups -OCH3 is 3. The van der Waals surface area contributed by atoms with E-state index in [1.165, 1.54) is 24.9 Å². The molecule has 0 N–H and O–H groups in total. The molecule has 0 aliphatic rings. The van der Waals surface area contributed by atoms with Crippen LogP contribution >= 0.6 is 11.8 Å². The Hall–Kier alpha value is -2.60. The first-order valence-electron chi connectivity index (χ1n) is 7.16. The Bertz CT molecular complexity index is 932. The standard InChI is InChI=1S/C18H16O5S/c1-20-11-5-4-6-13(7-11)24-17-10-14(19)18-15(22-3)8-12(21-2)9-16(18)23-17/h4-10H,1-3H3. The quantitative estimate of drug-likeness (QED) is 0.698. The average molecular weight is 344 g/mol. The summed E-state index contributed by atoms with van der Waals surface area (Å²) in [6, 6.07) is 12.3. The van der Waals surface area contributed by atoms with Crippen molar-refractivity contribution in [1.82, 2.24) is 0 Å². The van der Waals surface area contributed by atoms with Crippen molar-refractivity contribution in [3.63, 3.8) is 0 Å². The maximum absolute atomic E-state index is 12.5. The third-order valence-corrected chi connectivity index (χ3v) is 4.35. The average Bonchev–Trinajstić information content (AvgIpc) is 2.60. The summed E-state index contributed by atoms with van der Waals surface area (Å²) in [6.07, 6.45) is 0. The van der Waals surface area contributed by atoms with Gasteiger partial charge in [0, 0.05) is 23.1 Å². The highest BCUT2D eigenvalue weighted by molar-refractivity contribution is 7.99. The highest BCUT2D eigenvalue weighted by Crippen LogP contribution is 2.34. The molecule has 0 saturated heterocycles. The summed E-state index contributed by atoms with van der Waals surface area (Å²) in [5.74, 6) is 1.73. The zero-order valence-corrected chi connectivity index (χ0v) is 14.3. The smallest absolute Gasteiger partial charge is 0.197 e. The molecule has 0 aliphatic heterocycles. The van der Waals surface area contributed by atoms with E-state index in [4.69, 9.17) is 18.6 Å². The van der Waals surface area contributed by atoms with Crippen LogP contribution in [0.2, 0.25) is 0 Å². The van der Waals surface area contributed by atoms with Crippen LogP contribution < -0.4 is 19.6 Å². The van der Waals surface area contributed by atoms with E-state index in [0.29, 0.717) is 27.6 Å². The van der Waals surface area contributed by atoms with Crippen molar-refractivity contribution in [2.75, 3.05) is 21.3 Å². The molecule has 1 aromatic heterocycles. The number of hydrogen-bond acceptors (Lipinski definition) is 6. The van der Waals surface area contributed by atoms with Crippen LogP contribution in [0.15, 0.2) is 61.7 Å². The number of ether oxygens (including phenoxy) is 3. The van der Waals surface area contributed by atoms with E-state index in [1.54, 1.807) is 26.4 Å². The van der Waals surface area contributed by atoms with Crippen LogP contribution in [0.3, 0.4) is 0 Å². The fourth-order valence-electron chi connectivity index (χ4n) is 2.32. The van der Waals surface area contributed by atoms with E-state index in [-0.39, 0.29) is 5.43 Å². The maximum atomic E-state index is 12.5. The summed E-state index contributed by atoms with van der Waals surface area (Å²) in [5, 5.41) is 0.879. The lowest BCUT2D eigenvalue weighted by Gasteiger charge is -2.09. The van der Waals surface area contributed by atoms with Gasteiger partial charge in [-0.15, -0.1) is 0 Å². The number of hydrogen-bond donors (Lipinski definition) is 0. The Kier molecular flexibility index (Phi) is 4.66. The molecule has 3 rings (SSSR count). The van der Waals surface area contributed by atoms with E-state index in [0.717, 1.165) is 10.6 Å². The maximum Gasteiger partial charge on any atom is 0.197 e. The summed E-state index contributed by atoms with van der Waals surface area (Å²) in [4.78, 5) is 13.4. The fourth-order valence-corrected chi connectivity index (χ4v) is 3.17. The highest BCUT2D eigenvalue weighted by Gasteiger charge is 2.13. The van der Waals surface area contributed by atoms with E-state index < -0.39 is 0 Å².